The maximum atomic E-state index is 11.4. The maximum Gasteiger partial charge on any atom is 0.236 e. The van der Waals surface area contributed by atoms with Gasteiger partial charge in [-0.2, -0.15) is 0 Å². The van der Waals surface area contributed by atoms with Gasteiger partial charge in [0.1, 0.15) is 0 Å². The molecule has 0 saturated heterocycles. The average molecular weight is 215 g/mol. The van der Waals surface area contributed by atoms with E-state index in [9.17, 15) is 9.59 Å². The molecule has 0 radical (unpaired) electrons. The predicted octanol–water partition coefficient (Wildman–Crippen LogP) is -0.388. The smallest absolute Gasteiger partial charge is 0.236 e. The second kappa shape index (κ2) is 7.23. The lowest BCUT2D eigenvalue weighted by atomic mass is 10.2. The number of carbonyl (C=O) groups excluding carboxylic acids is 2. The van der Waals surface area contributed by atoms with Crippen molar-refractivity contribution in [1.82, 2.24) is 10.6 Å². The summed E-state index contributed by atoms with van der Waals surface area (Å²) in [5.74, 6) is 0.0252. The van der Waals surface area contributed by atoms with E-state index in [0.717, 1.165) is 0 Å². The molecular formula is C10H21N3O2. The number of hydrogen-bond donors (Lipinski definition) is 3. The predicted molar refractivity (Wildman–Crippen MR) is 59.1 cm³/mol. The summed E-state index contributed by atoms with van der Waals surface area (Å²) < 4.78 is 0. The molecule has 5 heteroatoms. The number of primary amides is 1. The van der Waals surface area contributed by atoms with Crippen LogP contribution in [0.1, 0.15) is 27.2 Å². The molecule has 0 fully saturated rings. The molecule has 0 heterocycles. The van der Waals surface area contributed by atoms with Gasteiger partial charge in [0, 0.05) is 19.5 Å². The van der Waals surface area contributed by atoms with Gasteiger partial charge in [-0.05, 0) is 12.8 Å². The molecule has 4 N–H and O–H groups in total. The van der Waals surface area contributed by atoms with Gasteiger partial charge in [-0.25, -0.2) is 0 Å². The molecule has 0 rings (SSSR count). The van der Waals surface area contributed by atoms with E-state index in [2.05, 4.69) is 10.6 Å². The van der Waals surface area contributed by atoms with Gasteiger partial charge in [0.15, 0.2) is 0 Å². The van der Waals surface area contributed by atoms with Gasteiger partial charge < -0.3 is 16.4 Å². The summed E-state index contributed by atoms with van der Waals surface area (Å²) in [6.07, 6.45) is 0.252. The second-order valence-corrected chi connectivity index (χ2v) is 4.03. The number of carbonyl (C=O) groups is 2. The lowest BCUT2D eigenvalue weighted by Gasteiger charge is -2.14. The van der Waals surface area contributed by atoms with Gasteiger partial charge in [0.25, 0.3) is 0 Å². The normalized spacial score (nSPS) is 12.5. The van der Waals surface area contributed by atoms with Crippen molar-refractivity contribution in [1.29, 1.82) is 0 Å². The van der Waals surface area contributed by atoms with Crippen LogP contribution in [-0.2, 0) is 9.59 Å². The lowest BCUT2D eigenvalue weighted by molar-refractivity contribution is -0.123. The Morgan fingerprint density at radius 1 is 1.27 bits per heavy atom. The molecule has 0 aromatic rings. The quantitative estimate of drug-likeness (QED) is 0.541. The summed E-state index contributed by atoms with van der Waals surface area (Å²) in [6.45, 7) is 6.93. The largest absolute Gasteiger partial charge is 0.370 e. The van der Waals surface area contributed by atoms with Gasteiger partial charge in [-0.15, -0.1) is 0 Å². The van der Waals surface area contributed by atoms with Crippen LogP contribution in [0, 0.1) is 5.92 Å². The molecular weight excluding hydrogens is 194 g/mol. The Labute approximate surface area is 90.8 Å². The van der Waals surface area contributed by atoms with Crippen molar-refractivity contribution in [2.75, 3.05) is 13.1 Å². The van der Waals surface area contributed by atoms with Gasteiger partial charge in [-0.3, -0.25) is 9.59 Å². The van der Waals surface area contributed by atoms with E-state index in [4.69, 9.17) is 5.73 Å². The molecule has 0 saturated carbocycles. The Morgan fingerprint density at radius 3 is 2.33 bits per heavy atom. The number of nitrogens with two attached hydrogens (primary N) is 1. The van der Waals surface area contributed by atoms with Crippen molar-refractivity contribution in [3.05, 3.63) is 0 Å². The Morgan fingerprint density at radius 2 is 1.87 bits per heavy atom. The summed E-state index contributed by atoms with van der Waals surface area (Å²) >= 11 is 0. The minimum Gasteiger partial charge on any atom is -0.370 e. The van der Waals surface area contributed by atoms with Crippen LogP contribution in [0.2, 0.25) is 0 Å². The van der Waals surface area contributed by atoms with E-state index in [1.807, 2.05) is 13.8 Å². The number of nitrogens with one attached hydrogen (secondary N) is 2. The molecule has 0 aliphatic heterocycles. The molecule has 2 amide bonds. The van der Waals surface area contributed by atoms with Crippen molar-refractivity contribution >= 4 is 11.8 Å². The standard InChI is InChI=1S/C10H21N3O2/c1-7(2)6-13-10(15)8(3)12-5-4-9(11)14/h7-8,12H,4-6H2,1-3H3,(H2,11,14)(H,13,15). The lowest BCUT2D eigenvalue weighted by Crippen LogP contribution is -2.44. The summed E-state index contributed by atoms with van der Waals surface area (Å²) in [5, 5.41) is 5.73. The molecule has 0 spiro atoms. The third kappa shape index (κ3) is 7.93. The fourth-order valence-electron chi connectivity index (χ4n) is 0.962. The highest BCUT2D eigenvalue weighted by molar-refractivity contribution is 5.81. The van der Waals surface area contributed by atoms with E-state index in [1.165, 1.54) is 0 Å². The summed E-state index contributed by atoms with van der Waals surface area (Å²) in [7, 11) is 0. The fourth-order valence-corrected chi connectivity index (χ4v) is 0.962. The van der Waals surface area contributed by atoms with Gasteiger partial charge in [-0.1, -0.05) is 13.8 Å². The summed E-state index contributed by atoms with van der Waals surface area (Å²) in [6, 6.07) is -0.289. The van der Waals surface area contributed by atoms with E-state index in [0.29, 0.717) is 19.0 Å². The molecule has 0 bridgehead atoms. The van der Waals surface area contributed by atoms with E-state index in [1.54, 1.807) is 6.92 Å². The minimum atomic E-state index is -0.364. The highest BCUT2D eigenvalue weighted by atomic mass is 16.2. The fraction of sp³-hybridized carbons (Fsp3) is 0.800. The summed E-state index contributed by atoms with van der Waals surface area (Å²) in [5.41, 5.74) is 4.97. The minimum absolute atomic E-state index is 0.0480. The van der Waals surface area contributed by atoms with Crippen LogP contribution in [0.3, 0.4) is 0 Å². The highest BCUT2D eigenvalue weighted by Gasteiger charge is 2.11. The molecule has 0 aliphatic carbocycles. The average Bonchev–Trinajstić information content (AvgIpc) is 2.13. The van der Waals surface area contributed by atoms with Crippen LogP contribution in [0.5, 0.6) is 0 Å². The first-order valence-electron chi connectivity index (χ1n) is 5.23. The van der Waals surface area contributed by atoms with Crippen LogP contribution >= 0.6 is 0 Å². The third-order valence-electron chi connectivity index (χ3n) is 1.90. The number of hydrogen-bond acceptors (Lipinski definition) is 3. The Hall–Kier alpha value is -1.10. The van der Waals surface area contributed by atoms with Crippen LogP contribution in [0.25, 0.3) is 0 Å². The van der Waals surface area contributed by atoms with Gasteiger partial charge in [0.05, 0.1) is 6.04 Å². The molecule has 1 atom stereocenters. The first-order valence-corrected chi connectivity index (χ1v) is 5.23. The van der Waals surface area contributed by atoms with Crippen molar-refractivity contribution in [2.24, 2.45) is 11.7 Å². The Kier molecular flexibility index (Phi) is 6.70. The van der Waals surface area contributed by atoms with Gasteiger partial charge in [0.2, 0.25) is 11.8 Å². The first kappa shape index (κ1) is 13.9. The topological polar surface area (TPSA) is 84.2 Å². The highest BCUT2D eigenvalue weighted by Crippen LogP contribution is 1.89. The molecule has 0 aromatic heterocycles. The second-order valence-electron chi connectivity index (χ2n) is 4.03. The van der Waals surface area contributed by atoms with E-state index < -0.39 is 0 Å². The van der Waals surface area contributed by atoms with Crippen molar-refractivity contribution in [3.8, 4) is 0 Å². The van der Waals surface area contributed by atoms with Crippen molar-refractivity contribution < 1.29 is 9.59 Å². The van der Waals surface area contributed by atoms with Crippen molar-refractivity contribution in [2.45, 2.75) is 33.2 Å². The van der Waals surface area contributed by atoms with E-state index >= 15 is 0 Å². The van der Waals surface area contributed by atoms with Crippen LogP contribution in [-0.4, -0.2) is 30.9 Å². The summed E-state index contributed by atoms with van der Waals surface area (Å²) in [4.78, 5) is 21.9. The first-order chi connectivity index (χ1) is 6.93. The molecule has 88 valence electrons. The van der Waals surface area contributed by atoms with Gasteiger partial charge >= 0.3 is 0 Å². The zero-order valence-electron chi connectivity index (χ0n) is 9.67. The third-order valence-corrected chi connectivity index (χ3v) is 1.90. The number of rotatable bonds is 7. The number of amides is 2. The molecule has 1 unspecified atom stereocenters. The maximum absolute atomic E-state index is 11.4. The van der Waals surface area contributed by atoms with Crippen molar-refractivity contribution in [3.63, 3.8) is 0 Å². The van der Waals surface area contributed by atoms with Crippen LogP contribution < -0.4 is 16.4 Å². The van der Waals surface area contributed by atoms with Crippen LogP contribution in [0.4, 0.5) is 0 Å². The SMILES string of the molecule is CC(C)CNC(=O)C(C)NCCC(N)=O. The molecule has 0 aromatic carbocycles. The monoisotopic (exact) mass is 215 g/mol. The molecule has 0 aliphatic rings. The van der Waals surface area contributed by atoms with E-state index in [-0.39, 0.29) is 24.3 Å². The Bertz CT molecular complexity index is 217. The zero-order chi connectivity index (χ0) is 11.8. The zero-order valence-corrected chi connectivity index (χ0v) is 9.67. The molecule has 15 heavy (non-hydrogen) atoms. The Balaban J connectivity index is 3.64. The molecule has 5 nitrogen and oxygen atoms in total. The van der Waals surface area contributed by atoms with Crippen LogP contribution in [0.15, 0.2) is 0 Å².